The van der Waals surface area contributed by atoms with Crippen LogP contribution in [-0.4, -0.2) is 39.0 Å². The number of alkyl carbamates (subject to hydrolysis) is 1. The highest BCUT2D eigenvalue weighted by Crippen LogP contribution is 2.35. The smallest absolute Gasteiger partial charge is 0.407 e. The van der Waals surface area contributed by atoms with Gasteiger partial charge in [-0.1, -0.05) is 5.16 Å². The predicted octanol–water partition coefficient (Wildman–Crippen LogP) is 2.74. The molecule has 0 spiro atoms. The molecule has 0 bridgehead atoms. The minimum Gasteiger partial charge on any atom is -0.446 e. The Balaban J connectivity index is 1.48. The van der Waals surface area contributed by atoms with E-state index in [1.165, 1.54) is 6.26 Å². The highest BCUT2D eigenvalue weighted by atomic mass is 16.6. The summed E-state index contributed by atoms with van der Waals surface area (Å²) < 4.78 is 10.2. The molecule has 1 aliphatic rings. The summed E-state index contributed by atoms with van der Waals surface area (Å²) in [6.07, 6.45) is 3.46. The summed E-state index contributed by atoms with van der Waals surface area (Å²) in [6.45, 7) is 5.73. The molecule has 0 aliphatic heterocycles. The maximum Gasteiger partial charge on any atom is 0.407 e. The third kappa shape index (κ3) is 5.57. The number of H-pyrrole nitrogens is 1. The molecule has 9 nitrogen and oxygen atoms in total. The molecule has 27 heavy (non-hydrogen) atoms. The molecule has 3 rings (SSSR count). The van der Waals surface area contributed by atoms with Crippen LogP contribution in [0.2, 0.25) is 0 Å². The molecule has 0 radical (unpaired) electrons. The van der Waals surface area contributed by atoms with Gasteiger partial charge in [-0.25, -0.2) is 4.79 Å². The Morgan fingerprint density at radius 1 is 1.37 bits per heavy atom. The zero-order valence-electron chi connectivity index (χ0n) is 15.7. The highest BCUT2D eigenvalue weighted by molar-refractivity contribution is 5.91. The molecule has 2 atom stereocenters. The number of ether oxygens (including phenoxy) is 1. The van der Waals surface area contributed by atoms with Gasteiger partial charge in [0.05, 0.1) is 12.1 Å². The Kier molecular flexibility index (Phi) is 5.48. The normalized spacial score (nSPS) is 19.7. The van der Waals surface area contributed by atoms with Crippen LogP contribution in [0.5, 0.6) is 0 Å². The number of hydrogen-bond donors (Lipinski definition) is 3. The minimum atomic E-state index is -0.390. The van der Waals surface area contributed by atoms with Crippen LogP contribution in [0.1, 0.15) is 57.3 Å². The van der Waals surface area contributed by atoms with E-state index in [1.807, 2.05) is 26.8 Å². The van der Waals surface area contributed by atoms with Crippen molar-refractivity contribution in [1.82, 2.24) is 20.7 Å². The highest BCUT2D eigenvalue weighted by Gasteiger charge is 2.30. The lowest BCUT2D eigenvalue weighted by atomic mass is 10.0. The Bertz CT molecular complexity index is 778. The van der Waals surface area contributed by atoms with Crippen LogP contribution in [0.4, 0.5) is 10.6 Å². The standard InChI is InChI=1S/C18H25N5O4/c1-18(2,3)20-17(25)27-13-5-4-11(8-13)14-10-15(22-21-14)19-16(24)9-12-6-7-26-23-12/h6-7,10-11,13H,4-5,8-9H2,1-3H3,(H,20,25)(H2,19,21,22,24). The zero-order valence-corrected chi connectivity index (χ0v) is 15.7. The van der Waals surface area contributed by atoms with Crippen molar-refractivity contribution in [2.24, 2.45) is 0 Å². The van der Waals surface area contributed by atoms with Crippen LogP contribution in [0.25, 0.3) is 0 Å². The van der Waals surface area contributed by atoms with Gasteiger partial charge in [0.25, 0.3) is 0 Å². The number of carbonyl (C=O) groups excluding carboxylic acids is 2. The van der Waals surface area contributed by atoms with Crippen LogP contribution < -0.4 is 10.6 Å². The number of rotatable bonds is 5. The first-order valence-corrected chi connectivity index (χ1v) is 9.02. The van der Waals surface area contributed by atoms with Crippen LogP contribution in [0.3, 0.4) is 0 Å². The van der Waals surface area contributed by atoms with Gasteiger partial charge in [0.15, 0.2) is 5.82 Å². The second-order valence-corrected chi connectivity index (χ2v) is 7.84. The molecule has 9 heteroatoms. The first-order valence-electron chi connectivity index (χ1n) is 9.02. The van der Waals surface area contributed by atoms with E-state index in [2.05, 4.69) is 26.0 Å². The van der Waals surface area contributed by atoms with Crippen molar-refractivity contribution in [1.29, 1.82) is 0 Å². The fraction of sp³-hybridized carbons (Fsp3) is 0.556. The Labute approximate surface area is 157 Å². The van der Waals surface area contributed by atoms with Gasteiger partial charge in [0.1, 0.15) is 12.4 Å². The summed E-state index contributed by atoms with van der Waals surface area (Å²) in [5, 5.41) is 16.4. The number of aromatic amines is 1. The van der Waals surface area contributed by atoms with Gasteiger partial charge < -0.3 is 19.9 Å². The van der Waals surface area contributed by atoms with Gasteiger partial charge in [-0.15, -0.1) is 0 Å². The molecule has 2 aromatic rings. The molecular formula is C18H25N5O4. The predicted molar refractivity (Wildman–Crippen MR) is 97.2 cm³/mol. The first kappa shape index (κ1) is 18.9. The van der Waals surface area contributed by atoms with Gasteiger partial charge in [-0.3, -0.25) is 9.89 Å². The second-order valence-electron chi connectivity index (χ2n) is 7.84. The van der Waals surface area contributed by atoms with E-state index in [1.54, 1.807) is 6.07 Å². The van der Waals surface area contributed by atoms with E-state index in [9.17, 15) is 9.59 Å². The fourth-order valence-electron chi connectivity index (χ4n) is 3.11. The third-order valence-corrected chi connectivity index (χ3v) is 4.27. The zero-order chi connectivity index (χ0) is 19.4. The molecule has 2 unspecified atom stereocenters. The van der Waals surface area contributed by atoms with E-state index in [0.717, 1.165) is 25.0 Å². The van der Waals surface area contributed by atoms with Crippen LogP contribution in [0.15, 0.2) is 22.9 Å². The lowest BCUT2D eigenvalue weighted by Gasteiger charge is -2.22. The number of anilines is 1. The average Bonchev–Trinajstić information content (AvgIpc) is 3.26. The molecule has 2 aromatic heterocycles. The molecule has 2 amide bonds. The van der Waals surface area contributed by atoms with E-state index < -0.39 is 6.09 Å². The van der Waals surface area contributed by atoms with Gasteiger partial charge in [0.2, 0.25) is 5.91 Å². The number of nitrogens with zero attached hydrogens (tertiary/aromatic N) is 2. The van der Waals surface area contributed by atoms with Crippen LogP contribution in [-0.2, 0) is 16.0 Å². The van der Waals surface area contributed by atoms with Gasteiger partial charge >= 0.3 is 6.09 Å². The van der Waals surface area contributed by atoms with Crippen molar-refractivity contribution in [3.05, 3.63) is 29.8 Å². The maximum absolute atomic E-state index is 12.0. The van der Waals surface area contributed by atoms with Crippen molar-refractivity contribution in [2.75, 3.05) is 5.32 Å². The molecule has 2 heterocycles. The van der Waals surface area contributed by atoms with Gasteiger partial charge in [-0.2, -0.15) is 5.10 Å². The van der Waals surface area contributed by atoms with E-state index in [4.69, 9.17) is 9.26 Å². The van der Waals surface area contributed by atoms with Gasteiger partial charge in [-0.05, 0) is 40.0 Å². The number of amides is 2. The first-order chi connectivity index (χ1) is 12.8. The molecule has 3 N–H and O–H groups in total. The summed E-state index contributed by atoms with van der Waals surface area (Å²) in [7, 11) is 0. The quantitative estimate of drug-likeness (QED) is 0.738. The molecule has 0 aromatic carbocycles. The lowest BCUT2D eigenvalue weighted by molar-refractivity contribution is -0.115. The fourth-order valence-corrected chi connectivity index (χ4v) is 3.11. The van der Waals surface area contributed by atoms with E-state index in [-0.39, 0.29) is 29.9 Å². The Morgan fingerprint density at radius 3 is 2.89 bits per heavy atom. The number of nitrogens with one attached hydrogen (secondary N) is 3. The maximum atomic E-state index is 12.0. The third-order valence-electron chi connectivity index (χ3n) is 4.27. The number of carbonyl (C=O) groups is 2. The summed E-state index contributed by atoms with van der Waals surface area (Å²) in [4.78, 5) is 23.9. The topological polar surface area (TPSA) is 122 Å². The summed E-state index contributed by atoms with van der Waals surface area (Å²) in [5.41, 5.74) is 1.17. The second kappa shape index (κ2) is 7.81. The van der Waals surface area contributed by atoms with Crippen LogP contribution in [0, 0.1) is 0 Å². The van der Waals surface area contributed by atoms with Crippen molar-refractivity contribution < 1.29 is 18.8 Å². The lowest BCUT2D eigenvalue weighted by Crippen LogP contribution is -2.42. The summed E-state index contributed by atoms with van der Waals surface area (Å²) in [5.74, 6) is 0.466. The van der Waals surface area contributed by atoms with E-state index in [0.29, 0.717) is 11.5 Å². The molecule has 0 saturated heterocycles. The average molecular weight is 375 g/mol. The molecule has 1 fully saturated rings. The number of aromatic nitrogens is 3. The number of hydrogen-bond acceptors (Lipinski definition) is 6. The van der Waals surface area contributed by atoms with Gasteiger partial charge in [0, 0.05) is 29.3 Å². The molecule has 1 aliphatic carbocycles. The van der Waals surface area contributed by atoms with E-state index >= 15 is 0 Å². The summed E-state index contributed by atoms with van der Waals surface area (Å²) in [6, 6.07) is 3.47. The summed E-state index contributed by atoms with van der Waals surface area (Å²) >= 11 is 0. The van der Waals surface area contributed by atoms with Crippen molar-refractivity contribution >= 4 is 17.8 Å². The molecule has 1 saturated carbocycles. The van der Waals surface area contributed by atoms with Crippen LogP contribution >= 0.6 is 0 Å². The molecular weight excluding hydrogens is 350 g/mol. The minimum absolute atomic E-state index is 0.120. The van der Waals surface area contributed by atoms with Crippen molar-refractivity contribution in [3.8, 4) is 0 Å². The largest absolute Gasteiger partial charge is 0.446 e. The molecule has 146 valence electrons. The monoisotopic (exact) mass is 375 g/mol. The SMILES string of the molecule is CC(C)(C)NC(=O)OC1CCC(c2cc(NC(=O)Cc3ccon3)n[nH]2)C1. The Hall–Kier alpha value is -2.84. The van der Waals surface area contributed by atoms with Crippen molar-refractivity contribution in [3.63, 3.8) is 0 Å². The van der Waals surface area contributed by atoms with Crippen molar-refractivity contribution in [2.45, 2.75) is 64.0 Å². The Morgan fingerprint density at radius 2 is 2.19 bits per heavy atom.